The van der Waals surface area contributed by atoms with Crippen molar-refractivity contribution in [2.24, 2.45) is 4.40 Å². The molecule has 1 aliphatic heterocycles. The highest BCUT2D eigenvalue weighted by Crippen LogP contribution is 2.30. The SMILES string of the molecule is CCNc1nnc(CN2C=NS(=O)(=O)c3ccccc32)s1. The zero-order valence-electron chi connectivity index (χ0n) is 11.2. The molecule has 7 nitrogen and oxygen atoms in total. The summed E-state index contributed by atoms with van der Waals surface area (Å²) in [5, 5.41) is 12.7. The minimum Gasteiger partial charge on any atom is -0.360 e. The van der Waals surface area contributed by atoms with Crippen molar-refractivity contribution in [2.75, 3.05) is 16.8 Å². The second kappa shape index (κ2) is 5.41. The maximum atomic E-state index is 11.9. The van der Waals surface area contributed by atoms with E-state index in [9.17, 15) is 8.42 Å². The first kappa shape index (κ1) is 14.0. The van der Waals surface area contributed by atoms with E-state index in [1.54, 1.807) is 29.2 Å². The number of fused-ring (bicyclic) bond motifs is 1. The summed E-state index contributed by atoms with van der Waals surface area (Å²) in [6, 6.07) is 6.79. The number of rotatable bonds is 4. The molecule has 2 heterocycles. The van der Waals surface area contributed by atoms with Gasteiger partial charge in [0.2, 0.25) is 5.13 Å². The molecule has 2 aromatic rings. The van der Waals surface area contributed by atoms with Gasteiger partial charge in [-0.3, -0.25) is 0 Å². The zero-order chi connectivity index (χ0) is 14.9. The highest BCUT2D eigenvalue weighted by atomic mass is 32.2. The number of nitrogens with zero attached hydrogens (tertiary/aromatic N) is 4. The number of nitrogens with one attached hydrogen (secondary N) is 1. The van der Waals surface area contributed by atoms with Gasteiger partial charge in [-0.1, -0.05) is 23.5 Å². The van der Waals surface area contributed by atoms with E-state index in [4.69, 9.17) is 0 Å². The summed E-state index contributed by atoms with van der Waals surface area (Å²) in [6.45, 7) is 3.19. The van der Waals surface area contributed by atoms with E-state index >= 15 is 0 Å². The van der Waals surface area contributed by atoms with Crippen LogP contribution in [0.2, 0.25) is 0 Å². The maximum Gasteiger partial charge on any atom is 0.285 e. The molecule has 1 aliphatic rings. The van der Waals surface area contributed by atoms with Crippen LogP contribution in [0, 0.1) is 0 Å². The van der Waals surface area contributed by atoms with Crippen molar-refractivity contribution < 1.29 is 8.42 Å². The largest absolute Gasteiger partial charge is 0.360 e. The molecule has 0 radical (unpaired) electrons. The number of para-hydroxylation sites is 1. The fourth-order valence-corrected chi connectivity index (χ4v) is 3.82. The van der Waals surface area contributed by atoms with E-state index in [1.807, 2.05) is 6.92 Å². The van der Waals surface area contributed by atoms with Crippen molar-refractivity contribution in [2.45, 2.75) is 18.4 Å². The predicted molar refractivity (Wildman–Crippen MR) is 82.4 cm³/mol. The molecule has 21 heavy (non-hydrogen) atoms. The predicted octanol–water partition coefficient (Wildman–Crippen LogP) is 1.71. The van der Waals surface area contributed by atoms with Crippen LogP contribution in [0.25, 0.3) is 0 Å². The lowest BCUT2D eigenvalue weighted by Crippen LogP contribution is -2.26. The molecule has 0 amide bonds. The average molecular weight is 323 g/mol. The molecule has 0 bridgehead atoms. The van der Waals surface area contributed by atoms with Crippen molar-refractivity contribution >= 4 is 38.5 Å². The Labute approximate surface area is 126 Å². The Balaban J connectivity index is 1.89. The number of sulfonamides is 1. The monoisotopic (exact) mass is 323 g/mol. The van der Waals surface area contributed by atoms with Crippen LogP contribution in [0.1, 0.15) is 11.9 Å². The van der Waals surface area contributed by atoms with Crippen molar-refractivity contribution in [3.63, 3.8) is 0 Å². The lowest BCUT2D eigenvalue weighted by molar-refractivity contribution is 0.597. The molecule has 1 N–H and O–H groups in total. The Morgan fingerprint density at radius 2 is 2.10 bits per heavy atom. The van der Waals surface area contributed by atoms with Crippen LogP contribution in [-0.2, 0) is 16.6 Å². The normalized spacial score (nSPS) is 15.8. The molecule has 1 aromatic carbocycles. The second-order valence-electron chi connectivity index (χ2n) is 4.32. The van der Waals surface area contributed by atoms with Gasteiger partial charge in [0.05, 0.1) is 12.2 Å². The number of hydrogen-bond acceptors (Lipinski definition) is 7. The molecule has 0 saturated heterocycles. The fraction of sp³-hybridized carbons (Fsp3) is 0.250. The third kappa shape index (κ3) is 2.74. The van der Waals surface area contributed by atoms with Gasteiger partial charge in [0, 0.05) is 6.54 Å². The van der Waals surface area contributed by atoms with Crippen LogP contribution < -0.4 is 10.2 Å². The molecule has 0 saturated carbocycles. The van der Waals surface area contributed by atoms with Gasteiger partial charge in [-0.15, -0.1) is 14.6 Å². The van der Waals surface area contributed by atoms with E-state index in [0.29, 0.717) is 12.2 Å². The molecular weight excluding hydrogens is 310 g/mol. The molecule has 0 spiro atoms. The first-order chi connectivity index (χ1) is 10.1. The Hall–Kier alpha value is -2.00. The van der Waals surface area contributed by atoms with E-state index in [2.05, 4.69) is 19.9 Å². The van der Waals surface area contributed by atoms with E-state index < -0.39 is 10.0 Å². The lowest BCUT2D eigenvalue weighted by Gasteiger charge is -2.23. The molecular formula is C12H13N5O2S2. The van der Waals surface area contributed by atoms with Crippen LogP contribution >= 0.6 is 11.3 Å². The van der Waals surface area contributed by atoms with Crippen molar-refractivity contribution in [3.05, 3.63) is 29.3 Å². The maximum absolute atomic E-state index is 11.9. The van der Waals surface area contributed by atoms with Gasteiger partial charge in [0.25, 0.3) is 10.0 Å². The van der Waals surface area contributed by atoms with Crippen molar-refractivity contribution in [1.29, 1.82) is 0 Å². The van der Waals surface area contributed by atoms with Gasteiger partial charge in [-0.25, -0.2) is 0 Å². The molecule has 3 rings (SSSR count). The minimum absolute atomic E-state index is 0.212. The number of aromatic nitrogens is 2. The number of anilines is 2. The van der Waals surface area contributed by atoms with Gasteiger partial charge in [0.15, 0.2) is 0 Å². The second-order valence-corrected chi connectivity index (χ2v) is 6.99. The van der Waals surface area contributed by atoms with E-state index in [0.717, 1.165) is 16.7 Å². The Morgan fingerprint density at radius 3 is 2.90 bits per heavy atom. The van der Waals surface area contributed by atoms with Crippen LogP contribution in [0.5, 0.6) is 0 Å². The van der Waals surface area contributed by atoms with Gasteiger partial charge in [0.1, 0.15) is 16.2 Å². The van der Waals surface area contributed by atoms with Gasteiger partial charge >= 0.3 is 0 Å². The summed E-state index contributed by atoms with van der Waals surface area (Å²) in [5.74, 6) is 0. The smallest absolute Gasteiger partial charge is 0.285 e. The summed E-state index contributed by atoms with van der Waals surface area (Å²) in [6.07, 6.45) is 1.33. The minimum atomic E-state index is -3.59. The fourth-order valence-electron chi connectivity index (χ4n) is 1.96. The van der Waals surface area contributed by atoms with Gasteiger partial charge < -0.3 is 10.2 Å². The lowest BCUT2D eigenvalue weighted by atomic mass is 10.3. The van der Waals surface area contributed by atoms with Gasteiger partial charge in [-0.05, 0) is 19.1 Å². The molecule has 1 aromatic heterocycles. The Kier molecular flexibility index (Phi) is 3.60. The first-order valence-electron chi connectivity index (χ1n) is 6.32. The topological polar surface area (TPSA) is 87.6 Å². The number of benzene rings is 1. The third-order valence-electron chi connectivity index (χ3n) is 2.88. The van der Waals surface area contributed by atoms with E-state index in [-0.39, 0.29) is 4.90 Å². The van der Waals surface area contributed by atoms with E-state index in [1.165, 1.54) is 17.7 Å². The molecule has 0 unspecified atom stereocenters. The Morgan fingerprint density at radius 1 is 1.29 bits per heavy atom. The van der Waals surface area contributed by atoms with Crippen molar-refractivity contribution in [3.8, 4) is 0 Å². The third-order valence-corrected chi connectivity index (χ3v) is 5.02. The van der Waals surface area contributed by atoms with Crippen LogP contribution in [0.3, 0.4) is 0 Å². The van der Waals surface area contributed by atoms with Crippen LogP contribution in [0.15, 0.2) is 33.6 Å². The van der Waals surface area contributed by atoms with Crippen LogP contribution in [-0.4, -0.2) is 31.5 Å². The Bertz CT molecular complexity index is 784. The molecule has 0 fully saturated rings. The zero-order valence-corrected chi connectivity index (χ0v) is 12.9. The summed E-state index contributed by atoms with van der Waals surface area (Å²) >= 11 is 1.44. The van der Waals surface area contributed by atoms with Crippen molar-refractivity contribution in [1.82, 2.24) is 10.2 Å². The quantitative estimate of drug-likeness (QED) is 0.921. The number of hydrogen-bond donors (Lipinski definition) is 1. The summed E-state index contributed by atoms with van der Waals surface area (Å²) < 4.78 is 27.4. The highest BCUT2D eigenvalue weighted by molar-refractivity contribution is 7.90. The standard InChI is InChI=1S/C12H13N5O2S2/c1-2-13-12-16-15-11(20-12)7-17-8-14-21(18,19)10-6-4-3-5-9(10)17/h3-6,8H,2,7H2,1H3,(H,13,16). The first-order valence-corrected chi connectivity index (χ1v) is 8.58. The highest BCUT2D eigenvalue weighted by Gasteiger charge is 2.25. The summed E-state index contributed by atoms with van der Waals surface area (Å²) in [7, 11) is -3.59. The van der Waals surface area contributed by atoms with Crippen LogP contribution in [0.4, 0.5) is 10.8 Å². The molecule has 0 aliphatic carbocycles. The molecule has 110 valence electrons. The average Bonchev–Trinajstić information content (AvgIpc) is 2.90. The van der Waals surface area contributed by atoms with Gasteiger partial charge in [-0.2, -0.15) is 8.42 Å². The summed E-state index contributed by atoms with van der Waals surface area (Å²) in [4.78, 5) is 1.97. The summed E-state index contributed by atoms with van der Waals surface area (Å²) in [5.41, 5.74) is 0.604. The molecule has 0 atom stereocenters. The molecule has 9 heteroatoms.